The van der Waals surface area contributed by atoms with E-state index in [9.17, 15) is 14.4 Å². The second-order valence-corrected chi connectivity index (χ2v) is 9.31. The third-order valence-electron chi connectivity index (χ3n) is 6.82. The van der Waals surface area contributed by atoms with Gasteiger partial charge in [-0.1, -0.05) is 37.0 Å². The van der Waals surface area contributed by atoms with Crippen molar-refractivity contribution in [3.05, 3.63) is 59.2 Å². The van der Waals surface area contributed by atoms with Crippen LogP contribution in [-0.2, 0) is 11.3 Å². The molecule has 0 unspecified atom stereocenters. The van der Waals surface area contributed by atoms with Gasteiger partial charge in [-0.3, -0.25) is 19.7 Å². The van der Waals surface area contributed by atoms with E-state index in [0.717, 1.165) is 36.8 Å². The van der Waals surface area contributed by atoms with Gasteiger partial charge in [0.25, 0.3) is 11.8 Å². The number of nitrogens with one attached hydrogen (secondary N) is 1. The number of aryl methyl sites for hydroxylation is 2. The van der Waals surface area contributed by atoms with Crippen LogP contribution in [0.25, 0.3) is 11.0 Å². The SMILES string of the molecule is Cc1ccc(C(=O)Nc2nc3cc(C(=O)N(C)C4CCCCC4)ccc3n2CCC(=O)CN)cc1. The van der Waals surface area contributed by atoms with Crippen LogP contribution in [0.3, 0.4) is 0 Å². The van der Waals surface area contributed by atoms with Crippen LogP contribution in [-0.4, -0.2) is 51.7 Å². The third-order valence-corrected chi connectivity index (χ3v) is 6.82. The second kappa shape index (κ2) is 10.8. The first-order valence-corrected chi connectivity index (χ1v) is 12.2. The third kappa shape index (κ3) is 5.59. The van der Waals surface area contributed by atoms with Gasteiger partial charge in [-0.25, -0.2) is 4.98 Å². The van der Waals surface area contributed by atoms with Gasteiger partial charge in [-0.05, 0) is 50.1 Å². The zero-order valence-corrected chi connectivity index (χ0v) is 20.4. The highest BCUT2D eigenvalue weighted by Gasteiger charge is 2.24. The number of anilines is 1. The summed E-state index contributed by atoms with van der Waals surface area (Å²) < 4.78 is 1.80. The lowest BCUT2D eigenvalue weighted by atomic mass is 9.94. The number of hydrogen-bond donors (Lipinski definition) is 2. The monoisotopic (exact) mass is 475 g/mol. The van der Waals surface area contributed by atoms with Gasteiger partial charge < -0.3 is 15.2 Å². The average Bonchev–Trinajstić information content (AvgIpc) is 3.23. The molecule has 1 aliphatic carbocycles. The van der Waals surface area contributed by atoms with E-state index >= 15 is 0 Å². The number of fused-ring (bicyclic) bond motifs is 1. The Kier molecular flexibility index (Phi) is 7.60. The molecule has 1 saturated carbocycles. The van der Waals surface area contributed by atoms with Gasteiger partial charge in [0.1, 0.15) is 5.78 Å². The largest absolute Gasteiger partial charge is 0.339 e. The number of ketones is 1. The first kappa shape index (κ1) is 24.6. The average molecular weight is 476 g/mol. The van der Waals surface area contributed by atoms with Crippen LogP contribution >= 0.6 is 0 Å². The number of hydrogen-bond acceptors (Lipinski definition) is 5. The van der Waals surface area contributed by atoms with Crippen molar-refractivity contribution < 1.29 is 14.4 Å². The van der Waals surface area contributed by atoms with Crippen molar-refractivity contribution in [2.24, 2.45) is 5.73 Å². The van der Waals surface area contributed by atoms with Gasteiger partial charge in [0.2, 0.25) is 5.95 Å². The summed E-state index contributed by atoms with van der Waals surface area (Å²) in [7, 11) is 1.87. The van der Waals surface area contributed by atoms with Gasteiger partial charge in [0.15, 0.2) is 0 Å². The Morgan fingerprint density at radius 2 is 1.74 bits per heavy atom. The van der Waals surface area contributed by atoms with E-state index in [1.165, 1.54) is 6.42 Å². The molecule has 0 radical (unpaired) electrons. The van der Waals surface area contributed by atoms with Crippen LogP contribution in [0, 0.1) is 6.92 Å². The number of Topliss-reactive ketones (excluding diaryl/α,β-unsaturated/α-hetero) is 1. The van der Waals surface area contributed by atoms with E-state index in [-0.39, 0.29) is 36.6 Å². The molecule has 3 N–H and O–H groups in total. The molecule has 35 heavy (non-hydrogen) atoms. The Morgan fingerprint density at radius 3 is 2.43 bits per heavy atom. The molecule has 1 aromatic heterocycles. The fourth-order valence-electron chi connectivity index (χ4n) is 4.64. The molecule has 0 aliphatic heterocycles. The summed E-state index contributed by atoms with van der Waals surface area (Å²) in [4.78, 5) is 44.4. The van der Waals surface area contributed by atoms with Gasteiger partial charge >= 0.3 is 0 Å². The first-order chi connectivity index (χ1) is 16.9. The Labute approximate surface area is 205 Å². The molecule has 2 amide bonds. The van der Waals surface area contributed by atoms with Crippen LogP contribution in [0.5, 0.6) is 0 Å². The lowest BCUT2D eigenvalue weighted by Gasteiger charge is -2.31. The highest BCUT2D eigenvalue weighted by atomic mass is 16.2. The van der Waals surface area contributed by atoms with Gasteiger partial charge in [0, 0.05) is 37.2 Å². The van der Waals surface area contributed by atoms with Crippen molar-refractivity contribution in [1.29, 1.82) is 0 Å². The molecule has 1 heterocycles. The molecule has 4 rings (SSSR count). The number of aromatic nitrogens is 2. The van der Waals surface area contributed by atoms with Crippen LogP contribution < -0.4 is 11.1 Å². The molecular weight excluding hydrogens is 442 g/mol. The van der Waals surface area contributed by atoms with E-state index in [1.54, 1.807) is 28.8 Å². The summed E-state index contributed by atoms with van der Waals surface area (Å²) in [5.74, 6) is -0.0684. The topological polar surface area (TPSA) is 110 Å². The molecular formula is C27H33N5O3. The second-order valence-electron chi connectivity index (χ2n) is 9.31. The lowest BCUT2D eigenvalue weighted by molar-refractivity contribution is -0.117. The Bertz CT molecular complexity index is 1230. The maximum absolute atomic E-state index is 13.2. The normalized spacial score (nSPS) is 14.1. The predicted molar refractivity (Wildman–Crippen MR) is 137 cm³/mol. The van der Waals surface area contributed by atoms with Gasteiger partial charge in [-0.2, -0.15) is 0 Å². The number of nitrogens with two attached hydrogens (primary N) is 1. The maximum Gasteiger partial charge on any atom is 0.257 e. The Morgan fingerprint density at radius 1 is 1.06 bits per heavy atom. The summed E-state index contributed by atoms with van der Waals surface area (Å²) in [5, 5.41) is 2.88. The molecule has 3 aromatic rings. The van der Waals surface area contributed by atoms with Crippen molar-refractivity contribution in [1.82, 2.24) is 14.5 Å². The number of carbonyl (C=O) groups excluding carboxylic acids is 3. The van der Waals surface area contributed by atoms with Crippen molar-refractivity contribution in [2.75, 3.05) is 18.9 Å². The van der Waals surface area contributed by atoms with Gasteiger partial charge in [0.05, 0.1) is 17.6 Å². The van der Waals surface area contributed by atoms with Crippen LogP contribution in [0.15, 0.2) is 42.5 Å². The molecule has 8 nitrogen and oxygen atoms in total. The molecule has 0 atom stereocenters. The smallest absolute Gasteiger partial charge is 0.257 e. The zero-order valence-electron chi connectivity index (χ0n) is 20.4. The lowest BCUT2D eigenvalue weighted by Crippen LogP contribution is -2.38. The fraction of sp³-hybridized carbons (Fsp3) is 0.407. The molecule has 1 fully saturated rings. The summed E-state index contributed by atoms with van der Waals surface area (Å²) in [6, 6.07) is 12.9. The summed E-state index contributed by atoms with van der Waals surface area (Å²) >= 11 is 0. The molecule has 2 aromatic carbocycles. The van der Waals surface area contributed by atoms with Crippen molar-refractivity contribution in [2.45, 2.75) is 58.0 Å². The summed E-state index contributed by atoms with van der Waals surface area (Å²) in [5.41, 5.74) is 8.95. The standard InChI is InChI=1S/C27H33N5O3/c1-18-8-10-19(11-9-18)25(34)30-27-29-23-16-20(26(35)31(2)21-6-4-3-5-7-21)12-13-24(23)32(27)15-14-22(33)17-28/h8-13,16,21H,3-7,14-15,17,28H2,1-2H3,(H,29,30,34). The molecule has 1 aliphatic rings. The van der Waals surface area contributed by atoms with Crippen LogP contribution in [0.1, 0.15) is 64.8 Å². The van der Waals surface area contributed by atoms with Gasteiger partial charge in [-0.15, -0.1) is 0 Å². The number of amides is 2. The van der Waals surface area contributed by atoms with E-state index in [4.69, 9.17) is 5.73 Å². The number of imidazole rings is 1. The first-order valence-electron chi connectivity index (χ1n) is 12.2. The number of carbonyl (C=O) groups is 3. The zero-order chi connectivity index (χ0) is 24.9. The van der Waals surface area contributed by atoms with Crippen molar-refractivity contribution >= 4 is 34.6 Å². The number of benzene rings is 2. The summed E-state index contributed by atoms with van der Waals surface area (Å²) in [6.45, 7) is 2.25. The minimum Gasteiger partial charge on any atom is -0.339 e. The van der Waals surface area contributed by atoms with E-state index < -0.39 is 0 Å². The van der Waals surface area contributed by atoms with Crippen molar-refractivity contribution in [3.63, 3.8) is 0 Å². The minimum atomic E-state index is -0.292. The summed E-state index contributed by atoms with van der Waals surface area (Å²) in [6.07, 6.45) is 5.81. The van der Waals surface area contributed by atoms with E-state index in [0.29, 0.717) is 29.1 Å². The van der Waals surface area contributed by atoms with E-state index in [2.05, 4.69) is 10.3 Å². The molecule has 8 heteroatoms. The maximum atomic E-state index is 13.2. The molecule has 0 saturated heterocycles. The highest BCUT2D eigenvalue weighted by molar-refractivity contribution is 6.04. The highest BCUT2D eigenvalue weighted by Crippen LogP contribution is 2.26. The van der Waals surface area contributed by atoms with Crippen molar-refractivity contribution in [3.8, 4) is 0 Å². The molecule has 184 valence electrons. The van der Waals surface area contributed by atoms with E-state index in [1.807, 2.05) is 37.1 Å². The minimum absolute atomic E-state index is 0.0306. The molecule has 0 bridgehead atoms. The quantitative estimate of drug-likeness (QED) is 0.513. The number of rotatable bonds is 8. The Hall–Kier alpha value is -3.52. The van der Waals surface area contributed by atoms with Crippen LogP contribution in [0.2, 0.25) is 0 Å². The molecule has 0 spiro atoms. The van der Waals surface area contributed by atoms with Crippen LogP contribution in [0.4, 0.5) is 5.95 Å². The Balaban J connectivity index is 1.63. The fourth-order valence-corrected chi connectivity index (χ4v) is 4.64. The predicted octanol–water partition coefficient (Wildman–Crippen LogP) is 3.92. The number of nitrogens with zero attached hydrogens (tertiary/aromatic N) is 3.